The zero-order chi connectivity index (χ0) is 22.6. The van der Waals surface area contributed by atoms with Crippen molar-refractivity contribution in [2.24, 2.45) is 11.8 Å². The topological polar surface area (TPSA) is 73.0 Å². The van der Waals surface area contributed by atoms with Crippen LogP contribution in [0.1, 0.15) is 49.9 Å². The quantitative estimate of drug-likeness (QED) is 0.691. The number of sulfonamides is 1. The van der Waals surface area contributed by atoms with Gasteiger partial charge in [-0.3, -0.25) is 4.79 Å². The van der Waals surface area contributed by atoms with Crippen molar-refractivity contribution in [3.63, 3.8) is 0 Å². The average Bonchev–Trinajstić information content (AvgIpc) is 2.74. The molecule has 1 aromatic carbocycles. The lowest BCUT2D eigenvalue weighted by atomic mass is 9.98. The molecule has 1 aromatic rings. The van der Waals surface area contributed by atoms with Crippen LogP contribution < -0.4 is 10.2 Å². The molecular weight excluding hydrogens is 412 g/mol. The van der Waals surface area contributed by atoms with Crippen molar-refractivity contribution in [2.75, 3.05) is 58.3 Å². The van der Waals surface area contributed by atoms with Gasteiger partial charge in [0.05, 0.1) is 5.69 Å². The molecule has 0 bridgehead atoms. The minimum Gasteiger partial charge on any atom is -0.370 e. The zero-order valence-corrected chi connectivity index (χ0v) is 20.2. The van der Waals surface area contributed by atoms with Crippen molar-refractivity contribution in [1.29, 1.82) is 0 Å². The molecule has 0 atom stereocenters. The van der Waals surface area contributed by atoms with E-state index in [1.807, 2.05) is 25.1 Å². The van der Waals surface area contributed by atoms with Gasteiger partial charge in [0.2, 0.25) is 10.0 Å². The maximum Gasteiger partial charge on any atom is 0.251 e. The number of amides is 1. The maximum absolute atomic E-state index is 13.7. The van der Waals surface area contributed by atoms with Crippen LogP contribution in [0, 0.1) is 11.8 Å². The first-order chi connectivity index (χ1) is 14.7. The molecule has 0 radical (unpaired) electrons. The fourth-order valence-electron chi connectivity index (χ4n) is 4.23. The van der Waals surface area contributed by atoms with Crippen LogP contribution in [0.4, 0.5) is 5.69 Å². The van der Waals surface area contributed by atoms with Gasteiger partial charge in [-0.25, -0.2) is 8.42 Å². The summed E-state index contributed by atoms with van der Waals surface area (Å²) in [6.07, 6.45) is 3.85. The first kappa shape index (κ1) is 24.0. The summed E-state index contributed by atoms with van der Waals surface area (Å²) >= 11 is 0. The second-order valence-electron chi connectivity index (χ2n) is 9.50. The lowest BCUT2D eigenvalue weighted by Crippen LogP contribution is -2.40. The largest absolute Gasteiger partial charge is 0.370 e. The van der Waals surface area contributed by atoms with Crippen molar-refractivity contribution in [3.8, 4) is 0 Å². The molecule has 174 valence electrons. The Labute approximate surface area is 187 Å². The van der Waals surface area contributed by atoms with Gasteiger partial charge in [-0.1, -0.05) is 13.8 Å². The molecule has 1 amide bonds. The van der Waals surface area contributed by atoms with Crippen LogP contribution in [0.3, 0.4) is 0 Å². The van der Waals surface area contributed by atoms with Gasteiger partial charge in [0, 0.05) is 44.8 Å². The fourth-order valence-corrected chi connectivity index (χ4v) is 5.94. The number of benzene rings is 1. The molecular formula is C23H38N4O3S. The van der Waals surface area contributed by atoms with Crippen molar-refractivity contribution in [1.82, 2.24) is 14.5 Å². The molecule has 3 rings (SSSR count). The van der Waals surface area contributed by atoms with E-state index in [1.165, 1.54) is 0 Å². The highest BCUT2D eigenvalue weighted by Crippen LogP contribution is 2.33. The predicted octanol–water partition coefficient (Wildman–Crippen LogP) is 2.63. The number of anilines is 1. The van der Waals surface area contributed by atoms with E-state index < -0.39 is 10.0 Å². The highest BCUT2D eigenvalue weighted by Gasteiger charge is 2.32. The number of carbonyl (C=O) groups excluding carboxylic acids is 1. The van der Waals surface area contributed by atoms with Crippen LogP contribution >= 0.6 is 0 Å². The maximum atomic E-state index is 13.7. The highest BCUT2D eigenvalue weighted by atomic mass is 32.2. The predicted molar refractivity (Wildman–Crippen MR) is 125 cm³/mol. The second-order valence-corrected chi connectivity index (χ2v) is 11.4. The van der Waals surface area contributed by atoms with E-state index in [4.69, 9.17) is 0 Å². The number of likely N-dealkylation sites (N-methyl/N-ethyl adjacent to an activating group) is 1. The van der Waals surface area contributed by atoms with E-state index in [1.54, 1.807) is 16.4 Å². The summed E-state index contributed by atoms with van der Waals surface area (Å²) in [4.78, 5) is 17.1. The third-order valence-electron chi connectivity index (χ3n) is 6.55. The Morgan fingerprint density at radius 3 is 2.19 bits per heavy atom. The van der Waals surface area contributed by atoms with Crippen LogP contribution in [0.15, 0.2) is 23.1 Å². The molecule has 8 heteroatoms. The summed E-state index contributed by atoms with van der Waals surface area (Å²) < 4.78 is 28.9. The Morgan fingerprint density at radius 2 is 1.61 bits per heavy atom. The van der Waals surface area contributed by atoms with E-state index in [0.29, 0.717) is 37.0 Å². The van der Waals surface area contributed by atoms with Gasteiger partial charge in [-0.2, -0.15) is 4.31 Å². The van der Waals surface area contributed by atoms with Crippen LogP contribution in [0.5, 0.6) is 0 Å². The van der Waals surface area contributed by atoms with E-state index in [9.17, 15) is 13.2 Å². The lowest BCUT2D eigenvalue weighted by molar-refractivity contribution is 0.0951. The normalized spacial score (nSPS) is 19.7. The number of carbonyl (C=O) groups is 1. The summed E-state index contributed by atoms with van der Waals surface area (Å²) in [7, 11) is 0.232. The molecule has 2 fully saturated rings. The third-order valence-corrected chi connectivity index (χ3v) is 8.48. The summed E-state index contributed by atoms with van der Waals surface area (Å²) in [5.74, 6) is 0.967. The number of piperidine rings is 2. The minimum atomic E-state index is -3.67. The van der Waals surface area contributed by atoms with Gasteiger partial charge < -0.3 is 15.1 Å². The van der Waals surface area contributed by atoms with Gasteiger partial charge in [0.15, 0.2) is 0 Å². The SMILES string of the molecule is CC1CCN(c2ccc(C(=O)NCCN(C)C)cc2S(=O)(=O)N2CCC(C)CC2)CC1. The molecule has 0 aliphatic carbocycles. The van der Waals surface area contributed by atoms with Gasteiger partial charge in [0.1, 0.15) is 4.90 Å². The standard InChI is InChI=1S/C23H38N4O3S/c1-18-7-12-26(13-8-18)21-6-5-20(23(28)24-11-16-25(3)4)17-22(21)31(29,30)27-14-9-19(2)10-15-27/h5-6,17-19H,7-16H2,1-4H3,(H,24,28). The van der Waals surface area contributed by atoms with Crippen LogP contribution in [-0.4, -0.2) is 76.9 Å². The molecule has 0 saturated carbocycles. The lowest BCUT2D eigenvalue weighted by Gasteiger charge is -2.35. The first-order valence-corrected chi connectivity index (χ1v) is 12.9. The molecule has 0 aromatic heterocycles. The molecule has 7 nitrogen and oxygen atoms in total. The summed E-state index contributed by atoms with van der Waals surface area (Å²) in [6.45, 7) is 8.42. The Morgan fingerprint density at radius 1 is 1.03 bits per heavy atom. The van der Waals surface area contributed by atoms with Crippen LogP contribution in [-0.2, 0) is 10.0 Å². The molecule has 0 spiro atoms. The smallest absolute Gasteiger partial charge is 0.251 e. The number of rotatable bonds is 7. The highest BCUT2D eigenvalue weighted by molar-refractivity contribution is 7.89. The number of nitrogens with one attached hydrogen (secondary N) is 1. The molecule has 2 heterocycles. The minimum absolute atomic E-state index is 0.232. The van der Waals surface area contributed by atoms with Crippen molar-refractivity contribution in [3.05, 3.63) is 23.8 Å². The van der Waals surface area contributed by atoms with Crippen LogP contribution in [0.2, 0.25) is 0 Å². The zero-order valence-electron chi connectivity index (χ0n) is 19.4. The van der Waals surface area contributed by atoms with Gasteiger partial charge in [-0.15, -0.1) is 0 Å². The molecule has 31 heavy (non-hydrogen) atoms. The first-order valence-electron chi connectivity index (χ1n) is 11.5. The Kier molecular flexibility index (Phi) is 7.99. The molecule has 0 unspecified atom stereocenters. The van der Waals surface area contributed by atoms with Crippen molar-refractivity contribution < 1.29 is 13.2 Å². The van der Waals surface area contributed by atoms with Crippen LogP contribution in [0.25, 0.3) is 0 Å². The van der Waals surface area contributed by atoms with Crippen molar-refractivity contribution in [2.45, 2.75) is 44.4 Å². The van der Waals surface area contributed by atoms with Gasteiger partial charge >= 0.3 is 0 Å². The monoisotopic (exact) mass is 450 g/mol. The fraction of sp³-hybridized carbons (Fsp3) is 0.696. The summed E-state index contributed by atoms with van der Waals surface area (Å²) in [5, 5.41) is 2.90. The third kappa shape index (κ3) is 5.99. The average molecular weight is 451 g/mol. The molecule has 2 aliphatic heterocycles. The number of hydrogen-bond donors (Lipinski definition) is 1. The Balaban J connectivity index is 1.91. The molecule has 2 aliphatic rings. The van der Waals surface area contributed by atoms with E-state index in [-0.39, 0.29) is 10.8 Å². The number of nitrogens with zero attached hydrogens (tertiary/aromatic N) is 3. The van der Waals surface area contributed by atoms with Gasteiger partial charge in [0.25, 0.3) is 5.91 Å². The van der Waals surface area contributed by atoms with E-state index in [0.717, 1.165) is 51.0 Å². The van der Waals surface area contributed by atoms with Gasteiger partial charge in [-0.05, 0) is 69.8 Å². The Hall–Kier alpha value is -1.64. The van der Waals surface area contributed by atoms with E-state index in [2.05, 4.69) is 24.1 Å². The summed E-state index contributed by atoms with van der Waals surface area (Å²) in [6, 6.07) is 5.18. The number of hydrogen-bond acceptors (Lipinski definition) is 5. The molecule has 2 saturated heterocycles. The molecule has 1 N–H and O–H groups in total. The Bertz CT molecular complexity index is 856. The second kappa shape index (κ2) is 10.3. The summed E-state index contributed by atoms with van der Waals surface area (Å²) in [5.41, 5.74) is 1.13. The van der Waals surface area contributed by atoms with E-state index >= 15 is 0 Å². The van der Waals surface area contributed by atoms with Crippen molar-refractivity contribution >= 4 is 21.6 Å².